The summed E-state index contributed by atoms with van der Waals surface area (Å²) >= 11 is 0. The van der Waals surface area contributed by atoms with Gasteiger partial charge in [0.1, 0.15) is 17.6 Å². The van der Waals surface area contributed by atoms with Gasteiger partial charge in [-0.15, -0.1) is 0 Å². The maximum absolute atomic E-state index is 13.2. The minimum Gasteiger partial charge on any atom is -0.479 e. The molecule has 0 spiro atoms. The summed E-state index contributed by atoms with van der Waals surface area (Å²) < 4.78 is 5.49. The smallest absolute Gasteiger partial charge is 0.415 e. The fraction of sp³-hybridized carbons (Fsp3) is 0.0909. The molecule has 8 nitrogen and oxygen atoms in total. The summed E-state index contributed by atoms with van der Waals surface area (Å²) in [4.78, 5) is 26.6. The van der Waals surface area contributed by atoms with Crippen molar-refractivity contribution in [2.24, 2.45) is 0 Å². The van der Waals surface area contributed by atoms with E-state index in [1.165, 1.54) is 0 Å². The molecular weight excluding hydrogens is 384 g/mol. The van der Waals surface area contributed by atoms with E-state index in [0.717, 1.165) is 10.5 Å². The quantitative estimate of drug-likeness (QED) is 0.506. The number of aliphatic carboxylic acids is 1. The molecule has 8 heteroatoms. The molecule has 4 aromatic rings. The Kier molecular flexibility index (Phi) is 5.38. The number of carboxylic acids is 1. The van der Waals surface area contributed by atoms with Crippen LogP contribution in [0.4, 0.5) is 10.5 Å². The third-order valence-electron chi connectivity index (χ3n) is 4.59. The Hall–Kier alpha value is -4.20. The lowest BCUT2D eigenvalue weighted by Gasteiger charge is -2.28. The largest absolute Gasteiger partial charge is 0.479 e. The third kappa shape index (κ3) is 3.83. The standard InChI is InChI=1S/C22H18N4O4/c27-21(28)20(16-10-5-2-6-11-16)26(18-13-7-12-17-19(18)24-25-23-17)22(29)30-14-15-8-3-1-4-9-15/h1-13,20H,14H2,(H,27,28)(H,23,24,25)/t20-/m1/s1. The highest BCUT2D eigenvalue weighted by Crippen LogP contribution is 2.32. The van der Waals surface area contributed by atoms with E-state index in [9.17, 15) is 14.7 Å². The number of hydrogen-bond acceptors (Lipinski definition) is 5. The zero-order valence-electron chi connectivity index (χ0n) is 15.8. The molecule has 0 fully saturated rings. The first kappa shape index (κ1) is 19.1. The summed E-state index contributed by atoms with van der Waals surface area (Å²) in [5, 5.41) is 20.7. The normalized spacial score (nSPS) is 11.7. The number of nitrogens with one attached hydrogen (secondary N) is 1. The van der Waals surface area contributed by atoms with Crippen molar-refractivity contribution in [3.63, 3.8) is 0 Å². The van der Waals surface area contributed by atoms with Gasteiger partial charge in [-0.1, -0.05) is 66.7 Å². The fourth-order valence-corrected chi connectivity index (χ4v) is 3.22. The monoisotopic (exact) mass is 402 g/mol. The van der Waals surface area contributed by atoms with Gasteiger partial charge in [0, 0.05) is 0 Å². The number of benzene rings is 3. The molecule has 30 heavy (non-hydrogen) atoms. The van der Waals surface area contributed by atoms with Crippen LogP contribution in [0.2, 0.25) is 0 Å². The molecule has 0 bridgehead atoms. The van der Waals surface area contributed by atoms with Gasteiger partial charge in [0.2, 0.25) is 0 Å². The van der Waals surface area contributed by atoms with Crippen LogP contribution >= 0.6 is 0 Å². The second-order valence-corrected chi connectivity index (χ2v) is 6.53. The highest BCUT2D eigenvalue weighted by atomic mass is 16.6. The van der Waals surface area contributed by atoms with Crippen LogP contribution in [0.1, 0.15) is 17.2 Å². The van der Waals surface area contributed by atoms with Crippen LogP contribution in [0.3, 0.4) is 0 Å². The van der Waals surface area contributed by atoms with Crippen LogP contribution in [0, 0.1) is 0 Å². The number of carbonyl (C=O) groups is 2. The van der Waals surface area contributed by atoms with Gasteiger partial charge in [-0.3, -0.25) is 4.90 Å². The van der Waals surface area contributed by atoms with Gasteiger partial charge in [0.25, 0.3) is 0 Å². The minimum absolute atomic E-state index is 0.00605. The topological polar surface area (TPSA) is 108 Å². The van der Waals surface area contributed by atoms with Crippen molar-refractivity contribution in [2.45, 2.75) is 12.6 Å². The first-order valence-corrected chi connectivity index (χ1v) is 9.22. The molecule has 0 saturated heterocycles. The van der Waals surface area contributed by atoms with E-state index in [1.54, 1.807) is 48.5 Å². The Bertz CT molecular complexity index is 1160. The van der Waals surface area contributed by atoms with Crippen LogP contribution in [-0.4, -0.2) is 32.6 Å². The van der Waals surface area contributed by atoms with Crippen LogP contribution in [0.25, 0.3) is 11.0 Å². The van der Waals surface area contributed by atoms with E-state index in [4.69, 9.17) is 4.74 Å². The van der Waals surface area contributed by atoms with Gasteiger partial charge in [-0.25, -0.2) is 9.59 Å². The number of fused-ring (bicyclic) bond motifs is 1. The number of rotatable bonds is 6. The minimum atomic E-state index is -1.31. The second kappa shape index (κ2) is 8.44. The molecule has 1 heterocycles. The van der Waals surface area contributed by atoms with Crippen LogP contribution < -0.4 is 4.90 Å². The number of aromatic amines is 1. The maximum Gasteiger partial charge on any atom is 0.415 e. The molecule has 1 aromatic heterocycles. The number of aromatic nitrogens is 3. The molecule has 4 rings (SSSR count). The molecule has 1 atom stereocenters. The van der Waals surface area contributed by atoms with Gasteiger partial charge in [-0.05, 0) is 23.3 Å². The number of ether oxygens (including phenoxy) is 1. The second-order valence-electron chi connectivity index (χ2n) is 6.53. The molecule has 0 saturated carbocycles. The Morgan fingerprint density at radius 2 is 1.63 bits per heavy atom. The Balaban J connectivity index is 1.77. The number of para-hydroxylation sites is 1. The number of nitrogens with zero attached hydrogens (tertiary/aromatic N) is 3. The summed E-state index contributed by atoms with van der Waals surface area (Å²) in [6.45, 7) is 0.00605. The van der Waals surface area contributed by atoms with Crippen molar-refractivity contribution in [3.8, 4) is 0 Å². The molecule has 2 N–H and O–H groups in total. The van der Waals surface area contributed by atoms with E-state index in [2.05, 4.69) is 15.4 Å². The molecule has 0 aliphatic heterocycles. The van der Waals surface area contributed by atoms with Crippen LogP contribution in [0.5, 0.6) is 0 Å². The number of carboxylic acid groups (broad SMARTS) is 1. The first-order chi connectivity index (χ1) is 14.6. The van der Waals surface area contributed by atoms with Crippen LogP contribution in [-0.2, 0) is 16.1 Å². The molecule has 0 radical (unpaired) electrons. The lowest BCUT2D eigenvalue weighted by molar-refractivity contribution is -0.138. The summed E-state index contributed by atoms with van der Waals surface area (Å²) in [6, 6.07) is 21.4. The number of hydrogen-bond donors (Lipinski definition) is 2. The third-order valence-corrected chi connectivity index (χ3v) is 4.59. The lowest BCUT2D eigenvalue weighted by Crippen LogP contribution is -2.39. The molecule has 0 aliphatic carbocycles. The van der Waals surface area contributed by atoms with Gasteiger partial charge in [0.15, 0.2) is 6.04 Å². The van der Waals surface area contributed by atoms with E-state index >= 15 is 0 Å². The average molecular weight is 402 g/mol. The van der Waals surface area contributed by atoms with Gasteiger partial charge >= 0.3 is 12.1 Å². The lowest BCUT2D eigenvalue weighted by atomic mass is 10.0. The van der Waals surface area contributed by atoms with Crippen molar-refractivity contribution in [1.29, 1.82) is 0 Å². The number of amides is 1. The number of H-pyrrole nitrogens is 1. The molecule has 0 aliphatic rings. The average Bonchev–Trinajstić information content (AvgIpc) is 3.26. The summed E-state index contributed by atoms with van der Waals surface area (Å²) in [6.07, 6.45) is -0.800. The van der Waals surface area contributed by atoms with Gasteiger partial charge < -0.3 is 9.84 Å². The summed E-state index contributed by atoms with van der Waals surface area (Å²) in [5.74, 6) is -1.20. The van der Waals surface area contributed by atoms with Crippen molar-refractivity contribution < 1.29 is 19.4 Å². The molecule has 0 unspecified atom stereocenters. The van der Waals surface area contributed by atoms with E-state index in [0.29, 0.717) is 16.6 Å². The fourth-order valence-electron chi connectivity index (χ4n) is 3.22. The highest BCUT2D eigenvalue weighted by Gasteiger charge is 2.35. The molecule has 1 amide bonds. The van der Waals surface area contributed by atoms with Gasteiger partial charge in [-0.2, -0.15) is 15.4 Å². The summed E-state index contributed by atoms with van der Waals surface area (Å²) in [5.41, 5.74) is 2.39. The Labute approximate surface area is 171 Å². The van der Waals surface area contributed by atoms with Crippen molar-refractivity contribution >= 4 is 28.8 Å². The predicted molar refractivity (Wildman–Crippen MR) is 110 cm³/mol. The number of carbonyl (C=O) groups excluding carboxylic acids is 1. The molecule has 150 valence electrons. The molecular formula is C22H18N4O4. The van der Waals surface area contributed by atoms with Crippen molar-refractivity contribution in [2.75, 3.05) is 4.90 Å². The zero-order valence-corrected chi connectivity index (χ0v) is 15.8. The predicted octanol–water partition coefficient (Wildman–Crippen LogP) is 3.93. The van der Waals surface area contributed by atoms with E-state index < -0.39 is 18.1 Å². The summed E-state index contributed by atoms with van der Waals surface area (Å²) in [7, 11) is 0. The molecule has 3 aromatic carbocycles. The highest BCUT2D eigenvalue weighted by molar-refractivity contribution is 6.02. The Morgan fingerprint density at radius 3 is 2.33 bits per heavy atom. The van der Waals surface area contributed by atoms with Gasteiger partial charge in [0.05, 0.1) is 5.69 Å². The SMILES string of the molecule is O=C(O)[C@@H](c1ccccc1)N(C(=O)OCc1ccccc1)c1cccc2n[nH]nc12. The number of anilines is 1. The van der Waals surface area contributed by atoms with Crippen LogP contribution in [0.15, 0.2) is 78.9 Å². The van der Waals surface area contributed by atoms with E-state index in [1.807, 2.05) is 30.3 Å². The van der Waals surface area contributed by atoms with E-state index in [-0.39, 0.29) is 12.3 Å². The first-order valence-electron chi connectivity index (χ1n) is 9.22. The maximum atomic E-state index is 13.2. The van der Waals surface area contributed by atoms with Crippen molar-refractivity contribution in [3.05, 3.63) is 90.0 Å². The zero-order chi connectivity index (χ0) is 20.9. The Morgan fingerprint density at radius 1 is 0.933 bits per heavy atom. The van der Waals surface area contributed by atoms with Crippen molar-refractivity contribution in [1.82, 2.24) is 15.4 Å².